The molecule has 0 aliphatic heterocycles. The van der Waals surface area contributed by atoms with Crippen LogP contribution in [-0.2, 0) is 10.0 Å². The van der Waals surface area contributed by atoms with E-state index in [1.807, 2.05) is 0 Å². The summed E-state index contributed by atoms with van der Waals surface area (Å²) in [5.41, 5.74) is 0.325. The minimum Gasteiger partial charge on any atom is -0.276 e. The molecule has 0 fully saturated rings. The summed E-state index contributed by atoms with van der Waals surface area (Å²) in [5.74, 6) is 0.387. The van der Waals surface area contributed by atoms with E-state index in [0.29, 0.717) is 16.5 Å². The number of hydrogen-bond donors (Lipinski definition) is 1. The molecule has 0 bridgehead atoms. The molecule has 0 aliphatic rings. The molecule has 1 aromatic carbocycles. The Labute approximate surface area is 132 Å². The van der Waals surface area contributed by atoms with E-state index in [1.54, 1.807) is 48.9 Å². The van der Waals surface area contributed by atoms with Crippen LogP contribution < -0.4 is 4.72 Å². The molecule has 3 aromatic rings. The summed E-state index contributed by atoms with van der Waals surface area (Å²) in [6.45, 7) is 0. The van der Waals surface area contributed by atoms with Crippen LogP contribution in [0.4, 0.5) is 5.69 Å². The van der Waals surface area contributed by atoms with Gasteiger partial charge in [0.15, 0.2) is 5.82 Å². The van der Waals surface area contributed by atoms with Gasteiger partial charge in [0.05, 0.1) is 10.6 Å². The minimum absolute atomic E-state index is 0.0790. The van der Waals surface area contributed by atoms with Crippen molar-refractivity contribution in [2.75, 3.05) is 4.72 Å². The number of hydrogen-bond acceptors (Lipinski definition) is 4. The van der Waals surface area contributed by atoms with Gasteiger partial charge in [-0.25, -0.2) is 18.1 Å². The van der Waals surface area contributed by atoms with Crippen molar-refractivity contribution >= 4 is 27.3 Å². The van der Waals surface area contributed by atoms with Crippen LogP contribution in [0.2, 0.25) is 5.02 Å². The molecule has 22 heavy (non-hydrogen) atoms. The normalized spacial score (nSPS) is 11.3. The zero-order valence-electron chi connectivity index (χ0n) is 11.2. The molecular weight excluding hydrogens is 324 g/mol. The number of sulfonamides is 1. The molecule has 2 heterocycles. The zero-order chi connectivity index (χ0) is 15.6. The van der Waals surface area contributed by atoms with Crippen LogP contribution >= 0.6 is 11.6 Å². The third-order valence-corrected chi connectivity index (χ3v) is 4.46. The maximum atomic E-state index is 12.4. The summed E-state index contributed by atoms with van der Waals surface area (Å²) in [6.07, 6.45) is 4.83. The van der Waals surface area contributed by atoms with Gasteiger partial charge in [0.1, 0.15) is 0 Å². The predicted octanol–water partition coefficient (Wildman–Crippen LogP) is 2.72. The molecule has 0 unspecified atom stereocenters. The van der Waals surface area contributed by atoms with Crippen LogP contribution in [0, 0.1) is 0 Å². The van der Waals surface area contributed by atoms with Gasteiger partial charge in [-0.15, -0.1) is 0 Å². The molecular formula is C14H11ClN4O2S. The largest absolute Gasteiger partial charge is 0.276 e. The van der Waals surface area contributed by atoms with Crippen molar-refractivity contribution in [3.63, 3.8) is 0 Å². The SMILES string of the molecule is O=S(=O)(Nc1cccnc1-n1cccn1)c1cccc(Cl)c1. The van der Waals surface area contributed by atoms with Crippen LogP contribution in [0.5, 0.6) is 0 Å². The summed E-state index contributed by atoms with van der Waals surface area (Å²) in [6, 6.07) is 11.0. The van der Waals surface area contributed by atoms with Crippen molar-refractivity contribution in [2.24, 2.45) is 0 Å². The lowest BCUT2D eigenvalue weighted by molar-refractivity contribution is 0.601. The van der Waals surface area contributed by atoms with Crippen LogP contribution in [0.25, 0.3) is 5.82 Å². The quantitative estimate of drug-likeness (QED) is 0.795. The highest BCUT2D eigenvalue weighted by atomic mass is 35.5. The molecule has 0 amide bonds. The summed E-state index contributed by atoms with van der Waals surface area (Å²) in [5, 5.41) is 4.41. The van der Waals surface area contributed by atoms with E-state index in [-0.39, 0.29) is 4.90 Å². The molecule has 0 spiro atoms. The van der Waals surface area contributed by atoms with E-state index < -0.39 is 10.0 Å². The first-order valence-corrected chi connectivity index (χ1v) is 8.16. The lowest BCUT2D eigenvalue weighted by Gasteiger charge is -2.11. The number of benzene rings is 1. The van der Waals surface area contributed by atoms with E-state index >= 15 is 0 Å². The first kappa shape index (κ1) is 14.6. The van der Waals surface area contributed by atoms with Crippen LogP contribution in [0.15, 0.2) is 66.0 Å². The smallest absolute Gasteiger partial charge is 0.262 e. The predicted molar refractivity (Wildman–Crippen MR) is 83.6 cm³/mol. The van der Waals surface area contributed by atoms with E-state index in [4.69, 9.17) is 11.6 Å². The topological polar surface area (TPSA) is 76.9 Å². The number of rotatable bonds is 4. The Balaban J connectivity index is 2.00. The lowest BCUT2D eigenvalue weighted by Crippen LogP contribution is -2.15. The van der Waals surface area contributed by atoms with Gasteiger partial charge in [0.2, 0.25) is 0 Å². The summed E-state index contributed by atoms with van der Waals surface area (Å²) < 4.78 is 28.9. The fourth-order valence-electron chi connectivity index (χ4n) is 1.89. The average molecular weight is 335 g/mol. The van der Waals surface area contributed by atoms with Gasteiger partial charge in [0, 0.05) is 23.6 Å². The van der Waals surface area contributed by atoms with E-state index in [1.165, 1.54) is 16.8 Å². The second-order valence-corrected chi connectivity index (χ2v) is 6.51. The molecule has 0 aliphatic carbocycles. The first-order valence-electron chi connectivity index (χ1n) is 6.30. The van der Waals surface area contributed by atoms with Crippen LogP contribution in [0.3, 0.4) is 0 Å². The number of nitrogens with zero attached hydrogens (tertiary/aromatic N) is 3. The fourth-order valence-corrected chi connectivity index (χ4v) is 3.25. The molecule has 3 rings (SSSR count). The number of halogens is 1. The van der Waals surface area contributed by atoms with Crippen molar-refractivity contribution in [3.8, 4) is 5.82 Å². The molecule has 0 saturated carbocycles. The second-order valence-electron chi connectivity index (χ2n) is 4.39. The second kappa shape index (κ2) is 5.78. The first-order chi connectivity index (χ1) is 10.6. The van der Waals surface area contributed by atoms with Crippen molar-refractivity contribution in [2.45, 2.75) is 4.90 Å². The molecule has 2 aromatic heterocycles. The number of aromatic nitrogens is 3. The van der Waals surface area contributed by atoms with Crippen molar-refractivity contribution < 1.29 is 8.42 Å². The lowest BCUT2D eigenvalue weighted by atomic mass is 10.4. The number of anilines is 1. The molecule has 6 nitrogen and oxygen atoms in total. The van der Waals surface area contributed by atoms with Gasteiger partial charge in [0.25, 0.3) is 10.0 Å². The maximum Gasteiger partial charge on any atom is 0.262 e. The average Bonchev–Trinajstić information content (AvgIpc) is 3.01. The summed E-state index contributed by atoms with van der Waals surface area (Å²) in [4.78, 5) is 4.24. The number of nitrogens with one attached hydrogen (secondary N) is 1. The van der Waals surface area contributed by atoms with Crippen LogP contribution in [-0.4, -0.2) is 23.2 Å². The van der Waals surface area contributed by atoms with Crippen molar-refractivity contribution in [1.29, 1.82) is 0 Å². The Bertz CT molecular complexity index is 895. The Morgan fingerprint density at radius 1 is 1.09 bits per heavy atom. The zero-order valence-corrected chi connectivity index (χ0v) is 12.8. The van der Waals surface area contributed by atoms with Gasteiger partial charge in [-0.05, 0) is 36.4 Å². The Kier molecular flexibility index (Phi) is 3.82. The minimum atomic E-state index is -3.76. The van der Waals surface area contributed by atoms with E-state index in [0.717, 1.165) is 0 Å². The van der Waals surface area contributed by atoms with Crippen molar-refractivity contribution in [1.82, 2.24) is 14.8 Å². The molecule has 0 atom stereocenters. The molecule has 8 heteroatoms. The molecule has 112 valence electrons. The maximum absolute atomic E-state index is 12.4. The van der Waals surface area contributed by atoms with E-state index in [2.05, 4.69) is 14.8 Å². The van der Waals surface area contributed by atoms with Gasteiger partial charge >= 0.3 is 0 Å². The summed E-state index contributed by atoms with van der Waals surface area (Å²) >= 11 is 5.85. The Morgan fingerprint density at radius 2 is 1.95 bits per heavy atom. The highest BCUT2D eigenvalue weighted by Gasteiger charge is 2.17. The fraction of sp³-hybridized carbons (Fsp3) is 0. The van der Waals surface area contributed by atoms with Gasteiger partial charge < -0.3 is 0 Å². The van der Waals surface area contributed by atoms with Crippen LogP contribution in [0.1, 0.15) is 0 Å². The standard InChI is InChI=1S/C14H11ClN4O2S/c15-11-4-1-5-12(10-11)22(20,21)18-13-6-2-7-16-14(13)19-9-3-8-17-19/h1-10,18H. The Morgan fingerprint density at radius 3 is 2.68 bits per heavy atom. The number of pyridine rings is 1. The molecule has 0 saturated heterocycles. The highest BCUT2D eigenvalue weighted by molar-refractivity contribution is 7.92. The third-order valence-electron chi connectivity index (χ3n) is 2.86. The monoisotopic (exact) mass is 334 g/mol. The van der Waals surface area contributed by atoms with Crippen molar-refractivity contribution in [3.05, 3.63) is 66.1 Å². The van der Waals surface area contributed by atoms with E-state index in [9.17, 15) is 8.42 Å². The Hall–Kier alpha value is -2.38. The molecule has 1 N–H and O–H groups in total. The van der Waals surface area contributed by atoms with Gasteiger partial charge in [-0.1, -0.05) is 17.7 Å². The molecule has 0 radical (unpaired) electrons. The van der Waals surface area contributed by atoms with Gasteiger partial charge in [-0.3, -0.25) is 4.72 Å². The van der Waals surface area contributed by atoms with Gasteiger partial charge in [-0.2, -0.15) is 5.10 Å². The summed E-state index contributed by atoms with van der Waals surface area (Å²) in [7, 11) is -3.76. The third kappa shape index (κ3) is 2.95. The highest BCUT2D eigenvalue weighted by Crippen LogP contribution is 2.22.